The lowest BCUT2D eigenvalue weighted by atomic mass is 10.1. The molecule has 3 aromatic rings. The van der Waals surface area contributed by atoms with Crippen LogP contribution in [0.4, 0.5) is 5.69 Å². The van der Waals surface area contributed by atoms with E-state index in [1.54, 1.807) is 11.3 Å². The highest BCUT2D eigenvalue weighted by Gasteiger charge is 2.19. The van der Waals surface area contributed by atoms with Gasteiger partial charge in [0.15, 0.2) is 0 Å². The summed E-state index contributed by atoms with van der Waals surface area (Å²) in [5.41, 5.74) is 2.60. The van der Waals surface area contributed by atoms with Crippen LogP contribution in [0.1, 0.15) is 10.4 Å². The van der Waals surface area contributed by atoms with Crippen molar-refractivity contribution in [2.45, 2.75) is 6.42 Å². The number of nitrogens with zero attached hydrogens (tertiary/aromatic N) is 3. The minimum Gasteiger partial charge on any atom is -0.368 e. The Morgan fingerprint density at radius 1 is 1.04 bits per heavy atom. The van der Waals surface area contributed by atoms with Crippen LogP contribution in [0.25, 0.3) is 10.1 Å². The van der Waals surface area contributed by atoms with Crippen LogP contribution < -0.4 is 4.90 Å². The molecule has 5 heteroatoms. The highest BCUT2D eigenvalue weighted by atomic mass is 35.5. The number of halogens is 1. The van der Waals surface area contributed by atoms with Crippen molar-refractivity contribution in [3.05, 3.63) is 64.0 Å². The fourth-order valence-corrected chi connectivity index (χ4v) is 4.53. The van der Waals surface area contributed by atoms with Gasteiger partial charge in [0.1, 0.15) is 10.9 Å². The summed E-state index contributed by atoms with van der Waals surface area (Å²) in [4.78, 5) is 5.77. The molecule has 0 spiro atoms. The van der Waals surface area contributed by atoms with Gasteiger partial charge in [0.2, 0.25) is 0 Å². The number of piperazine rings is 1. The molecule has 4 rings (SSSR count). The topological polar surface area (TPSA) is 30.3 Å². The minimum atomic E-state index is 0.786. The molecule has 0 bridgehead atoms. The van der Waals surface area contributed by atoms with Crippen LogP contribution in [0.2, 0.25) is 5.02 Å². The second kappa shape index (κ2) is 7.67. The van der Waals surface area contributed by atoms with Gasteiger partial charge in [-0.1, -0.05) is 29.8 Å². The summed E-state index contributed by atoms with van der Waals surface area (Å²) in [5, 5.41) is 11.2. The molecule has 1 fully saturated rings. The molecule has 0 amide bonds. The molecule has 0 unspecified atom stereocenters. The number of hydrogen-bond acceptors (Lipinski definition) is 4. The first-order chi connectivity index (χ1) is 12.7. The van der Waals surface area contributed by atoms with Crippen LogP contribution in [0.15, 0.2) is 48.5 Å². The highest BCUT2D eigenvalue weighted by Crippen LogP contribution is 2.33. The van der Waals surface area contributed by atoms with Gasteiger partial charge in [0.25, 0.3) is 0 Å². The standard InChI is InChI=1S/C21H20ClN3S/c22-17-6-4-16(5-7-17)8-9-24-10-12-25(13-11-24)20-2-1-3-21-19(20)14-18(15-23)26-21/h1-7,14H,8-13H2. The Morgan fingerprint density at radius 2 is 1.81 bits per heavy atom. The van der Waals surface area contributed by atoms with Crippen molar-refractivity contribution < 1.29 is 0 Å². The van der Waals surface area contributed by atoms with Crippen molar-refractivity contribution in [1.29, 1.82) is 5.26 Å². The van der Waals surface area contributed by atoms with E-state index in [1.165, 1.54) is 21.3 Å². The lowest BCUT2D eigenvalue weighted by Gasteiger charge is -2.36. The molecule has 1 aliphatic heterocycles. The molecule has 0 saturated carbocycles. The number of nitriles is 1. The maximum atomic E-state index is 9.18. The third-order valence-corrected chi connectivity index (χ3v) is 6.25. The van der Waals surface area contributed by atoms with Gasteiger partial charge < -0.3 is 4.90 Å². The molecule has 0 N–H and O–H groups in total. The average molecular weight is 382 g/mol. The second-order valence-electron chi connectivity index (χ2n) is 6.62. The first-order valence-corrected chi connectivity index (χ1v) is 10.1. The number of thiophene rings is 1. The Labute approximate surface area is 163 Å². The first kappa shape index (κ1) is 17.4. The van der Waals surface area contributed by atoms with E-state index in [4.69, 9.17) is 11.6 Å². The fraction of sp³-hybridized carbons (Fsp3) is 0.286. The van der Waals surface area contributed by atoms with Crippen molar-refractivity contribution in [1.82, 2.24) is 4.90 Å². The largest absolute Gasteiger partial charge is 0.368 e. The van der Waals surface area contributed by atoms with E-state index in [0.717, 1.165) is 49.0 Å². The van der Waals surface area contributed by atoms with E-state index >= 15 is 0 Å². The molecular weight excluding hydrogens is 362 g/mol. The van der Waals surface area contributed by atoms with Gasteiger partial charge in [-0.15, -0.1) is 11.3 Å². The van der Waals surface area contributed by atoms with E-state index in [0.29, 0.717) is 0 Å². The van der Waals surface area contributed by atoms with E-state index in [1.807, 2.05) is 18.2 Å². The average Bonchev–Trinajstić information content (AvgIpc) is 3.11. The monoisotopic (exact) mass is 381 g/mol. The molecule has 3 nitrogen and oxygen atoms in total. The van der Waals surface area contributed by atoms with Gasteiger partial charge in [0.05, 0.1) is 0 Å². The maximum absolute atomic E-state index is 9.18. The van der Waals surface area contributed by atoms with Crippen LogP contribution in [-0.2, 0) is 6.42 Å². The molecule has 2 heterocycles. The fourth-order valence-electron chi connectivity index (χ4n) is 3.53. The summed E-state index contributed by atoms with van der Waals surface area (Å²) in [7, 11) is 0. The van der Waals surface area contributed by atoms with Crippen LogP contribution in [0.5, 0.6) is 0 Å². The summed E-state index contributed by atoms with van der Waals surface area (Å²) in [6, 6.07) is 18.8. The van der Waals surface area contributed by atoms with Crippen molar-refractivity contribution in [3.63, 3.8) is 0 Å². The molecule has 1 saturated heterocycles. The van der Waals surface area contributed by atoms with Crippen molar-refractivity contribution in [3.8, 4) is 6.07 Å². The smallest absolute Gasteiger partial charge is 0.110 e. The predicted octanol–water partition coefficient (Wildman–Crippen LogP) is 4.79. The third kappa shape index (κ3) is 3.71. The normalized spacial score (nSPS) is 15.3. The predicted molar refractivity (Wildman–Crippen MR) is 110 cm³/mol. The number of fused-ring (bicyclic) bond motifs is 1. The summed E-state index contributed by atoms with van der Waals surface area (Å²) < 4.78 is 1.20. The molecule has 0 radical (unpaired) electrons. The summed E-state index contributed by atoms with van der Waals surface area (Å²) in [6.45, 7) is 5.27. The van der Waals surface area contributed by atoms with Gasteiger partial charge in [-0.3, -0.25) is 4.90 Å². The zero-order valence-electron chi connectivity index (χ0n) is 14.5. The van der Waals surface area contributed by atoms with Crippen molar-refractivity contribution in [2.24, 2.45) is 0 Å². The number of anilines is 1. The van der Waals surface area contributed by atoms with Crippen LogP contribution in [0.3, 0.4) is 0 Å². The van der Waals surface area contributed by atoms with E-state index < -0.39 is 0 Å². The molecule has 1 aromatic heterocycles. The van der Waals surface area contributed by atoms with E-state index in [-0.39, 0.29) is 0 Å². The Hall–Kier alpha value is -2.06. The van der Waals surface area contributed by atoms with Gasteiger partial charge in [0, 0.05) is 53.5 Å². The third-order valence-electron chi connectivity index (χ3n) is 4.99. The molecular formula is C21H20ClN3S. The lowest BCUT2D eigenvalue weighted by Crippen LogP contribution is -2.47. The Balaban J connectivity index is 1.38. The zero-order chi connectivity index (χ0) is 17.9. The lowest BCUT2D eigenvalue weighted by molar-refractivity contribution is 0.261. The molecule has 26 heavy (non-hydrogen) atoms. The van der Waals surface area contributed by atoms with Crippen molar-refractivity contribution >= 4 is 38.7 Å². The summed E-state index contributed by atoms with van der Waals surface area (Å²) >= 11 is 7.53. The molecule has 2 aromatic carbocycles. The molecule has 0 atom stereocenters. The van der Waals surface area contributed by atoms with Crippen LogP contribution in [0, 0.1) is 11.3 Å². The quantitative estimate of drug-likeness (QED) is 0.650. The number of hydrogen-bond donors (Lipinski definition) is 0. The Morgan fingerprint density at radius 3 is 2.54 bits per heavy atom. The zero-order valence-corrected chi connectivity index (χ0v) is 16.1. The van der Waals surface area contributed by atoms with Crippen LogP contribution >= 0.6 is 22.9 Å². The summed E-state index contributed by atoms with van der Waals surface area (Å²) in [5.74, 6) is 0. The van der Waals surface area contributed by atoms with Crippen LogP contribution in [-0.4, -0.2) is 37.6 Å². The van der Waals surface area contributed by atoms with Gasteiger partial charge >= 0.3 is 0 Å². The number of rotatable bonds is 4. The van der Waals surface area contributed by atoms with Gasteiger partial charge in [-0.25, -0.2) is 0 Å². The van der Waals surface area contributed by atoms with E-state index in [2.05, 4.69) is 46.2 Å². The Kier molecular flexibility index (Phi) is 5.12. The number of benzene rings is 2. The summed E-state index contributed by atoms with van der Waals surface area (Å²) in [6.07, 6.45) is 1.06. The second-order valence-corrected chi connectivity index (χ2v) is 8.14. The SMILES string of the molecule is N#Cc1cc2c(N3CCN(CCc4ccc(Cl)cc4)CC3)cccc2s1. The van der Waals surface area contributed by atoms with Gasteiger partial charge in [-0.05, 0) is 42.3 Å². The van der Waals surface area contributed by atoms with Gasteiger partial charge in [-0.2, -0.15) is 5.26 Å². The molecule has 0 aliphatic carbocycles. The molecule has 1 aliphatic rings. The minimum absolute atomic E-state index is 0.786. The maximum Gasteiger partial charge on any atom is 0.110 e. The first-order valence-electron chi connectivity index (χ1n) is 8.87. The highest BCUT2D eigenvalue weighted by molar-refractivity contribution is 7.19. The van der Waals surface area contributed by atoms with Crippen molar-refractivity contribution in [2.75, 3.05) is 37.6 Å². The Bertz CT molecular complexity index is 934. The van der Waals surface area contributed by atoms with E-state index in [9.17, 15) is 5.26 Å². The molecule has 132 valence electrons.